The minimum absolute atomic E-state index is 0.0849. The number of carbonyl (C=O) groups excluding carboxylic acids is 1. The molecule has 0 spiro atoms. The van der Waals surface area contributed by atoms with E-state index in [1.54, 1.807) is 44.4 Å². The van der Waals surface area contributed by atoms with Gasteiger partial charge in [-0.15, -0.1) is 0 Å². The smallest absolute Gasteiger partial charge is 0.246 e. The van der Waals surface area contributed by atoms with Gasteiger partial charge in [-0.1, -0.05) is 18.2 Å². The number of hydrogen-bond donors (Lipinski definition) is 0. The minimum atomic E-state index is -0.299. The highest BCUT2D eigenvalue weighted by Gasteiger charge is 2.22. The number of nitrogens with zero attached hydrogens (tertiary/aromatic N) is 1. The minimum Gasteiger partial charge on any atom is -0.496 e. The van der Waals surface area contributed by atoms with Gasteiger partial charge in [-0.3, -0.25) is 4.79 Å². The third kappa shape index (κ3) is 4.77. The van der Waals surface area contributed by atoms with Crippen molar-refractivity contribution in [1.82, 2.24) is 4.90 Å². The fourth-order valence-corrected chi connectivity index (χ4v) is 3.27. The average molecular weight is 397 g/mol. The number of halogens is 1. The second-order valence-electron chi connectivity index (χ2n) is 6.56. The van der Waals surface area contributed by atoms with Gasteiger partial charge in [0.25, 0.3) is 0 Å². The van der Waals surface area contributed by atoms with E-state index in [4.69, 9.17) is 14.2 Å². The molecule has 0 fully saturated rings. The molecule has 152 valence electrons. The average Bonchev–Trinajstić information content (AvgIpc) is 2.77. The molecule has 1 heterocycles. The van der Waals surface area contributed by atoms with Crippen LogP contribution in [-0.4, -0.2) is 45.2 Å². The second-order valence-corrected chi connectivity index (χ2v) is 6.56. The maximum Gasteiger partial charge on any atom is 0.246 e. The van der Waals surface area contributed by atoms with Crippen LogP contribution in [0.3, 0.4) is 0 Å². The van der Waals surface area contributed by atoms with Crippen LogP contribution in [0.15, 0.2) is 48.6 Å². The van der Waals surface area contributed by atoms with E-state index in [2.05, 4.69) is 0 Å². The number of benzene rings is 2. The fourth-order valence-electron chi connectivity index (χ4n) is 3.27. The predicted octanol–water partition coefficient (Wildman–Crippen LogP) is 4.18. The van der Waals surface area contributed by atoms with Gasteiger partial charge in [-0.2, -0.15) is 0 Å². The summed E-state index contributed by atoms with van der Waals surface area (Å²) < 4.78 is 29.3. The van der Waals surface area contributed by atoms with Gasteiger partial charge in [-0.05, 0) is 35.8 Å². The van der Waals surface area contributed by atoms with Crippen molar-refractivity contribution in [3.63, 3.8) is 0 Å². The zero-order valence-electron chi connectivity index (χ0n) is 16.8. The van der Waals surface area contributed by atoms with Crippen LogP contribution in [0.2, 0.25) is 0 Å². The molecule has 2 aromatic rings. The SMILES string of the molecule is COc1cc(OC)c(C2=CCN(C(=O)/C=C/c3ccc(F)cc3)CC2)c(OC)c1. The van der Waals surface area contributed by atoms with Gasteiger partial charge in [0.1, 0.15) is 23.1 Å². The Kier molecular flexibility index (Phi) is 6.54. The first kappa shape index (κ1) is 20.5. The summed E-state index contributed by atoms with van der Waals surface area (Å²) in [7, 11) is 4.81. The summed E-state index contributed by atoms with van der Waals surface area (Å²) >= 11 is 0. The third-order valence-electron chi connectivity index (χ3n) is 4.85. The van der Waals surface area contributed by atoms with Crippen LogP contribution in [0.5, 0.6) is 17.2 Å². The normalized spacial score (nSPS) is 13.9. The lowest BCUT2D eigenvalue weighted by atomic mass is 9.97. The lowest BCUT2D eigenvalue weighted by Crippen LogP contribution is -2.33. The highest BCUT2D eigenvalue weighted by Crippen LogP contribution is 2.40. The molecule has 0 aliphatic carbocycles. The molecule has 2 aromatic carbocycles. The van der Waals surface area contributed by atoms with E-state index in [1.165, 1.54) is 18.2 Å². The summed E-state index contributed by atoms with van der Waals surface area (Å²) in [4.78, 5) is 14.2. The lowest BCUT2D eigenvalue weighted by Gasteiger charge is -2.27. The number of amides is 1. The maximum atomic E-state index is 13.0. The molecular formula is C23H24FNO4. The summed E-state index contributed by atoms with van der Waals surface area (Å²) in [6.07, 6.45) is 5.90. The maximum absolute atomic E-state index is 13.0. The van der Waals surface area contributed by atoms with Crippen LogP contribution in [0.4, 0.5) is 4.39 Å². The van der Waals surface area contributed by atoms with Crippen LogP contribution in [-0.2, 0) is 4.79 Å². The number of rotatable bonds is 6. The largest absolute Gasteiger partial charge is 0.496 e. The van der Waals surface area contributed by atoms with Crippen LogP contribution in [0.1, 0.15) is 17.5 Å². The van der Waals surface area contributed by atoms with E-state index in [1.807, 2.05) is 18.2 Å². The van der Waals surface area contributed by atoms with Crippen LogP contribution < -0.4 is 14.2 Å². The van der Waals surface area contributed by atoms with Gasteiger partial charge in [0.2, 0.25) is 5.91 Å². The molecule has 6 heteroatoms. The van der Waals surface area contributed by atoms with E-state index in [9.17, 15) is 9.18 Å². The van der Waals surface area contributed by atoms with Gasteiger partial charge in [0.15, 0.2) is 0 Å². The topological polar surface area (TPSA) is 48.0 Å². The van der Waals surface area contributed by atoms with E-state index in [-0.39, 0.29) is 11.7 Å². The third-order valence-corrected chi connectivity index (χ3v) is 4.85. The van der Waals surface area contributed by atoms with Crippen LogP contribution in [0.25, 0.3) is 11.6 Å². The Morgan fingerprint density at radius 1 is 1.03 bits per heavy atom. The van der Waals surface area contributed by atoms with Crippen molar-refractivity contribution in [3.8, 4) is 17.2 Å². The number of methoxy groups -OCH3 is 3. The molecule has 29 heavy (non-hydrogen) atoms. The Balaban J connectivity index is 1.75. The Labute approximate surface area is 170 Å². The van der Waals surface area contributed by atoms with Crippen molar-refractivity contribution in [2.75, 3.05) is 34.4 Å². The molecule has 1 aliphatic rings. The van der Waals surface area contributed by atoms with Crippen molar-refractivity contribution in [2.24, 2.45) is 0 Å². The molecule has 1 amide bonds. The highest BCUT2D eigenvalue weighted by atomic mass is 19.1. The van der Waals surface area contributed by atoms with Gasteiger partial charge in [0.05, 0.1) is 26.9 Å². The molecule has 0 N–H and O–H groups in total. The second kappa shape index (κ2) is 9.28. The first-order valence-corrected chi connectivity index (χ1v) is 9.27. The molecule has 0 aromatic heterocycles. The van der Waals surface area contributed by atoms with Gasteiger partial charge >= 0.3 is 0 Å². The number of ether oxygens (including phenoxy) is 3. The van der Waals surface area contributed by atoms with Crippen molar-refractivity contribution < 1.29 is 23.4 Å². The van der Waals surface area contributed by atoms with Gasteiger partial charge < -0.3 is 19.1 Å². The predicted molar refractivity (Wildman–Crippen MR) is 111 cm³/mol. The van der Waals surface area contributed by atoms with Gasteiger partial charge in [-0.25, -0.2) is 4.39 Å². The Morgan fingerprint density at radius 2 is 1.69 bits per heavy atom. The van der Waals surface area contributed by atoms with Gasteiger partial charge in [0, 0.05) is 31.3 Å². The molecular weight excluding hydrogens is 373 g/mol. The highest BCUT2D eigenvalue weighted by molar-refractivity contribution is 5.92. The summed E-state index contributed by atoms with van der Waals surface area (Å²) in [6.45, 7) is 1.07. The van der Waals surface area contributed by atoms with E-state index >= 15 is 0 Å². The number of carbonyl (C=O) groups is 1. The summed E-state index contributed by atoms with van der Waals surface area (Å²) in [5.74, 6) is 1.61. The first-order valence-electron chi connectivity index (χ1n) is 9.27. The molecule has 1 aliphatic heterocycles. The molecule has 0 radical (unpaired) electrons. The van der Waals surface area contributed by atoms with E-state index in [0.29, 0.717) is 36.8 Å². The van der Waals surface area contributed by atoms with E-state index < -0.39 is 0 Å². The van der Waals surface area contributed by atoms with Crippen molar-refractivity contribution in [3.05, 3.63) is 65.5 Å². The monoisotopic (exact) mass is 397 g/mol. The zero-order chi connectivity index (χ0) is 20.8. The molecule has 3 rings (SSSR count). The zero-order valence-corrected chi connectivity index (χ0v) is 16.8. The molecule has 0 bridgehead atoms. The Bertz CT molecular complexity index is 909. The first-order chi connectivity index (χ1) is 14.0. The quantitative estimate of drug-likeness (QED) is 0.686. The fraction of sp³-hybridized carbons (Fsp3) is 0.261. The molecule has 0 unspecified atom stereocenters. The molecule has 0 saturated heterocycles. The van der Waals surface area contributed by atoms with Crippen molar-refractivity contribution >= 4 is 17.6 Å². The molecule has 0 atom stereocenters. The van der Waals surface area contributed by atoms with Crippen molar-refractivity contribution in [1.29, 1.82) is 0 Å². The lowest BCUT2D eigenvalue weighted by molar-refractivity contribution is -0.125. The Hall–Kier alpha value is -3.28. The summed E-state index contributed by atoms with van der Waals surface area (Å²) in [5.41, 5.74) is 2.72. The Morgan fingerprint density at radius 3 is 2.21 bits per heavy atom. The van der Waals surface area contributed by atoms with E-state index in [0.717, 1.165) is 16.7 Å². The molecule has 5 nitrogen and oxygen atoms in total. The van der Waals surface area contributed by atoms with Crippen molar-refractivity contribution in [2.45, 2.75) is 6.42 Å². The molecule has 0 saturated carbocycles. The standard InChI is InChI=1S/C23H24FNO4/c1-27-19-14-20(28-2)23(21(15-19)29-3)17-10-12-25(13-11-17)22(26)9-6-16-4-7-18(24)8-5-16/h4-10,14-15H,11-13H2,1-3H3/b9-6+. The summed E-state index contributed by atoms with van der Waals surface area (Å²) in [6, 6.07) is 9.65. The van der Waals surface area contributed by atoms with Crippen LogP contribution in [0, 0.1) is 5.82 Å². The van der Waals surface area contributed by atoms with Crippen LogP contribution >= 0.6 is 0 Å². The summed E-state index contributed by atoms with van der Waals surface area (Å²) in [5, 5.41) is 0. The number of hydrogen-bond acceptors (Lipinski definition) is 4.